The average molecular weight is 1150 g/mol. The molecule has 2 rings (SSSR count). The third kappa shape index (κ3) is 26.3. The standard InChI is InChI=1S/C57H90N12O13/c1-10-34(8)48(69-50(74)39(59)27-36-16-12-11-13-17-36)56(80)62-35(9)49(73)64-42(25-32(4)5)52(76)67-44(28-37-19-21-38(70)22-20-37)54(78)66-43(26-33(6)7)53(77)68-45(29-46(60)71)55(79)65-41(24-31(2)3)51(75)61-30-47(72)63-40(57(81)82)18-14-15-23-58/h11-13,16-17,19-22,31-35,39-45,48,70H,10,14-15,18,23-30,58-59H2,1-9H3,(H2,60,71)(H,61,75)(H,62,80)(H,63,72)(H,64,73)(H,65,79)(H,66,78)(H,67,76)(H,68,77)(H,69,74)(H,81,82)/t34-,35-,39-,40-,41-,42-,43-,44-,45-,48-/m0/s1. The number of carbonyl (C=O) groups is 11. The Morgan fingerprint density at radius 1 is 0.512 bits per heavy atom. The number of nitrogens with one attached hydrogen (secondary N) is 9. The molecule has 25 heteroatoms. The predicted molar refractivity (Wildman–Crippen MR) is 306 cm³/mol. The molecule has 0 radical (unpaired) electrons. The first kappa shape index (κ1) is 70.4. The monoisotopic (exact) mass is 1150 g/mol. The van der Waals surface area contributed by atoms with Gasteiger partial charge in [-0.05, 0) is 105 Å². The predicted octanol–water partition coefficient (Wildman–Crippen LogP) is -0.207. The lowest BCUT2D eigenvalue weighted by Crippen LogP contribution is -2.61. The smallest absolute Gasteiger partial charge is 0.326 e. The van der Waals surface area contributed by atoms with E-state index in [9.17, 15) is 63.0 Å². The highest BCUT2D eigenvalue weighted by molar-refractivity contribution is 5.99. The number of aromatic hydroxyl groups is 1. The van der Waals surface area contributed by atoms with Gasteiger partial charge in [-0.2, -0.15) is 0 Å². The summed E-state index contributed by atoms with van der Waals surface area (Å²) in [6, 6.07) is 3.28. The molecule has 0 aliphatic heterocycles. The number of amides is 10. The SMILES string of the molecule is CC[C@H](C)[C@H](NC(=O)[C@@H](N)Cc1ccccc1)C(=O)N[C@@H](C)C(=O)N[C@@H](CC(C)C)C(=O)N[C@@H](Cc1ccc(O)cc1)C(=O)N[C@@H](CC(C)C)C(=O)N[C@@H](CC(N)=O)C(=O)N[C@@H](CC(C)C)C(=O)NCC(=O)N[C@@H](CCCCN)C(=O)O. The summed E-state index contributed by atoms with van der Waals surface area (Å²) in [6.07, 6.45) is 0.901. The Bertz CT molecular complexity index is 2440. The molecule has 0 spiro atoms. The fourth-order valence-corrected chi connectivity index (χ4v) is 8.56. The number of carboxylic acid groups (broad SMARTS) is 1. The number of nitrogens with two attached hydrogens (primary N) is 3. The molecule has 0 aliphatic rings. The van der Waals surface area contributed by atoms with Crippen molar-refractivity contribution < 1.29 is 63.0 Å². The van der Waals surface area contributed by atoms with Gasteiger partial charge in [-0.15, -0.1) is 0 Å². The minimum atomic E-state index is -1.69. The summed E-state index contributed by atoms with van der Waals surface area (Å²) in [5.41, 5.74) is 18.5. The van der Waals surface area contributed by atoms with Gasteiger partial charge in [0.2, 0.25) is 59.1 Å². The van der Waals surface area contributed by atoms with Crippen LogP contribution in [0.4, 0.5) is 0 Å². The Balaban J connectivity index is 2.37. The van der Waals surface area contributed by atoms with Crippen LogP contribution in [0.15, 0.2) is 54.6 Å². The van der Waals surface area contributed by atoms with Crippen LogP contribution in [0.5, 0.6) is 5.75 Å². The van der Waals surface area contributed by atoms with Gasteiger partial charge in [-0.25, -0.2) is 4.79 Å². The molecule has 10 atom stereocenters. The van der Waals surface area contributed by atoms with E-state index < -0.39 is 132 Å². The van der Waals surface area contributed by atoms with Gasteiger partial charge in [-0.1, -0.05) is 104 Å². The normalized spacial score (nSPS) is 14.9. The molecule has 0 aliphatic carbocycles. The first-order valence-corrected chi connectivity index (χ1v) is 28.0. The summed E-state index contributed by atoms with van der Waals surface area (Å²) in [7, 11) is 0. The lowest BCUT2D eigenvalue weighted by Gasteiger charge is -2.29. The van der Waals surface area contributed by atoms with E-state index in [4.69, 9.17) is 17.2 Å². The van der Waals surface area contributed by atoms with Crippen molar-refractivity contribution in [2.24, 2.45) is 40.9 Å². The first-order chi connectivity index (χ1) is 38.5. The first-order valence-electron chi connectivity index (χ1n) is 28.0. The zero-order valence-electron chi connectivity index (χ0n) is 48.8. The van der Waals surface area contributed by atoms with Crippen molar-refractivity contribution in [2.75, 3.05) is 13.1 Å². The summed E-state index contributed by atoms with van der Waals surface area (Å²) >= 11 is 0. The third-order valence-corrected chi connectivity index (χ3v) is 13.3. The Hall–Kier alpha value is -7.67. The maximum atomic E-state index is 14.5. The van der Waals surface area contributed by atoms with Gasteiger partial charge in [0.05, 0.1) is 19.0 Å². The molecule has 2 aromatic rings. The number of rotatable bonds is 37. The van der Waals surface area contributed by atoms with Gasteiger partial charge in [-0.3, -0.25) is 47.9 Å². The molecule has 0 saturated carbocycles. The molecule has 0 unspecified atom stereocenters. The van der Waals surface area contributed by atoms with Crippen molar-refractivity contribution >= 4 is 65.0 Å². The zero-order chi connectivity index (χ0) is 61.8. The summed E-state index contributed by atoms with van der Waals surface area (Å²) in [6.45, 7) is 15.3. The van der Waals surface area contributed by atoms with Gasteiger partial charge in [0.15, 0.2) is 0 Å². The van der Waals surface area contributed by atoms with E-state index in [0.717, 1.165) is 5.56 Å². The number of carboxylic acids is 1. The van der Waals surface area contributed by atoms with Crippen LogP contribution in [0.2, 0.25) is 0 Å². The van der Waals surface area contributed by atoms with Crippen molar-refractivity contribution in [1.82, 2.24) is 47.9 Å². The van der Waals surface area contributed by atoms with Crippen LogP contribution in [0.1, 0.15) is 125 Å². The Morgan fingerprint density at radius 2 is 0.988 bits per heavy atom. The van der Waals surface area contributed by atoms with Crippen LogP contribution in [0.25, 0.3) is 0 Å². The second-order valence-corrected chi connectivity index (χ2v) is 22.1. The van der Waals surface area contributed by atoms with Crippen LogP contribution in [-0.2, 0) is 65.6 Å². The van der Waals surface area contributed by atoms with Gasteiger partial charge in [0.1, 0.15) is 54.1 Å². The van der Waals surface area contributed by atoms with E-state index in [0.29, 0.717) is 31.4 Å². The summed E-state index contributed by atoms with van der Waals surface area (Å²) in [5.74, 6) is -10.7. The van der Waals surface area contributed by atoms with Crippen molar-refractivity contribution in [3.05, 3.63) is 65.7 Å². The minimum Gasteiger partial charge on any atom is -0.508 e. The summed E-state index contributed by atoms with van der Waals surface area (Å²) in [4.78, 5) is 148. The number of hydrogen-bond donors (Lipinski definition) is 14. The molecule has 17 N–H and O–H groups in total. The molecule has 0 heterocycles. The number of benzene rings is 2. The van der Waals surface area contributed by atoms with Crippen LogP contribution in [0.3, 0.4) is 0 Å². The highest BCUT2D eigenvalue weighted by Gasteiger charge is 2.36. The molecule has 0 bridgehead atoms. The zero-order valence-corrected chi connectivity index (χ0v) is 48.8. The van der Waals surface area contributed by atoms with Crippen LogP contribution in [0, 0.1) is 23.7 Å². The van der Waals surface area contributed by atoms with E-state index >= 15 is 0 Å². The number of carbonyl (C=O) groups excluding carboxylic acids is 10. The van der Waals surface area contributed by atoms with Crippen molar-refractivity contribution in [1.29, 1.82) is 0 Å². The Labute approximate surface area is 480 Å². The average Bonchev–Trinajstić information content (AvgIpc) is 3.40. The van der Waals surface area contributed by atoms with E-state index in [2.05, 4.69) is 47.9 Å². The lowest BCUT2D eigenvalue weighted by atomic mass is 9.97. The van der Waals surface area contributed by atoms with E-state index in [1.165, 1.54) is 31.2 Å². The largest absolute Gasteiger partial charge is 0.508 e. The second-order valence-electron chi connectivity index (χ2n) is 22.1. The summed E-state index contributed by atoms with van der Waals surface area (Å²) < 4.78 is 0. The minimum absolute atomic E-state index is 0.0244. The van der Waals surface area contributed by atoms with Crippen LogP contribution in [-0.4, -0.2) is 143 Å². The number of phenolic OH excluding ortho intramolecular Hbond substituents is 1. The maximum absolute atomic E-state index is 14.5. The number of aliphatic carboxylic acids is 1. The van der Waals surface area contributed by atoms with Crippen molar-refractivity contribution in [3.63, 3.8) is 0 Å². The third-order valence-electron chi connectivity index (χ3n) is 13.3. The molecule has 456 valence electrons. The van der Waals surface area contributed by atoms with Crippen LogP contribution >= 0.6 is 0 Å². The molecule has 0 aromatic heterocycles. The number of primary amides is 1. The molecule has 10 amide bonds. The topological polar surface area (TPSA) is 415 Å². The van der Waals surface area contributed by atoms with Gasteiger partial charge < -0.3 is 75.3 Å². The van der Waals surface area contributed by atoms with Gasteiger partial charge in [0.25, 0.3) is 0 Å². The maximum Gasteiger partial charge on any atom is 0.326 e. The quantitative estimate of drug-likeness (QED) is 0.0390. The molecule has 25 nitrogen and oxygen atoms in total. The highest BCUT2D eigenvalue weighted by atomic mass is 16.4. The molecular formula is C57H90N12O13. The number of unbranched alkanes of at least 4 members (excludes halogenated alkanes) is 1. The second kappa shape index (κ2) is 35.9. The number of hydrogen-bond acceptors (Lipinski definition) is 14. The molecular weight excluding hydrogens is 1060 g/mol. The Morgan fingerprint density at radius 3 is 1.49 bits per heavy atom. The molecule has 0 fully saturated rings. The van der Waals surface area contributed by atoms with E-state index in [-0.39, 0.29) is 67.9 Å². The number of phenols is 1. The van der Waals surface area contributed by atoms with E-state index in [1.807, 2.05) is 37.3 Å². The van der Waals surface area contributed by atoms with Crippen molar-refractivity contribution in [3.8, 4) is 5.75 Å². The van der Waals surface area contributed by atoms with Gasteiger partial charge >= 0.3 is 5.97 Å². The van der Waals surface area contributed by atoms with Crippen molar-refractivity contribution in [2.45, 2.75) is 181 Å². The molecule has 0 saturated heterocycles. The fourth-order valence-electron chi connectivity index (χ4n) is 8.56. The molecule has 2 aromatic carbocycles. The van der Waals surface area contributed by atoms with Crippen LogP contribution < -0.4 is 65.1 Å². The highest BCUT2D eigenvalue weighted by Crippen LogP contribution is 2.16. The van der Waals surface area contributed by atoms with Gasteiger partial charge in [0, 0.05) is 6.42 Å². The fraction of sp³-hybridized carbons (Fsp3) is 0.596. The lowest BCUT2D eigenvalue weighted by molar-refractivity contribution is -0.142. The van der Waals surface area contributed by atoms with E-state index in [1.54, 1.807) is 48.5 Å². The summed E-state index contributed by atoms with van der Waals surface area (Å²) in [5, 5.41) is 42.8. The Kier molecular flexibility index (Phi) is 30.9. The molecule has 82 heavy (non-hydrogen) atoms.